The summed E-state index contributed by atoms with van der Waals surface area (Å²) in [5, 5.41) is 3.82. The van der Waals surface area contributed by atoms with Crippen LogP contribution < -0.4 is 10.2 Å². The van der Waals surface area contributed by atoms with E-state index < -0.39 is 0 Å². The Kier molecular flexibility index (Phi) is 4.56. The number of carbonyl (C=O) groups is 1. The van der Waals surface area contributed by atoms with Gasteiger partial charge in [-0.2, -0.15) is 5.10 Å². The SMILES string of the molecule is COc1cccc(C(=O)NN=Cc2ccc(I)o2)c1. The number of hydrogen-bond acceptors (Lipinski definition) is 4. The Morgan fingerprint density at radius 2 is 2.26 bits per heavy atom. The lowest BCUT2D eigenvalue weighted by atomic mass is 10.2. The molecule has 0 saturated heterocycles. The summed E-state index contributed by atoms with van der Waals surface area (Å²) in [5.41, 5.74) is 2.90. The molecular weight excluding hydrogens is 359 g/mol. The van der Waals surface area contributed by atoms with Crippen molar-refractivity contribution in [2.45, 2.75) is 0 Å². The molecule has 0 aliphatic heterocycles. The van der Waals surface area contributed by atoms with E-state index in [1.165, 1.54) is 6.21 Å². The minimum absolute atomic E-state index is 0.309. The molecule has 98 valence electrons. The molecule has 0 unspecified atom stereocenters. The van der Waals surface area contributed by atoms with Crippen LogP contribution in [0.4, 0.5) is 0 Å². The van der Waals surface area contributed by atoms with Crippen molar-refractivity contribution in [1.29, 1.82) is 0 Å². The number of benzene rings is 1. The number of halogens is 1. The molecule has 0 radical (unpaired) electrons. The Morgan fingerprint density at radius 1 is 1.42 bits per heavy atom. The molecule has 0 aliphatic rings. The van der Waals surface area contributed by atoms with E-state index in [0.29, 0.717) is 17.1 Å². The summed E-state index contributed by atoms with van der Waals surface area (Å²) in [4.78, 5) is 11.8. The van der Waals surface area contributed by atoms with Gasteiger partial charge in [-0.25, -0.2) is 5.43 Å². The molecule has 6 heteroatoms. The maximum Gasteiger partial charge on any atom is 0.271 e. The second-order valence-electron chi connectivity index (χ2n) is 3.57. The molecule has 0 atom stereocenters. The highest BCUT2D eigenvalue weighted by molar-refractivity contribution is 14.1. The van der Waals surface area contributed by atoms with Gasteiger partial charge in [-0.3, -0.25) is 4.79 Å². The second-order valence-corrected chi connectivity index (χ2v) is 4.64. The van der Waals surface area contributed by atoms with Crippen LogP contribution in [0, 0.1) is 3.77 Å². The number of hydrogen-bond donors (Lipinski definition) is 1. The summed E-state index contributed by atoms with van der Waals surface area (Å²) < 4.78 is 11.1. The lowest BCUT2D eigenvalue weighted by Crippen LogP contribution is -2.17. The van der Waals surface area contributed by atoms with Crippen molar-refractivity contribution in [2.24, 2.45) is 5.10 Å². The van der Waals surface area contributed by atoms with Gasteiger partial charge in [0.05, 0.1) is 13.3 Å². The molecule has 1 aromatic heterocycles. The van der Waals surface area contributed by atoms with Crippen LogP contribution in [0.2, 0.25) is 0 Å². The fraction of sp³-hybridized carbons (Fsp3) is 0.0769. The van der Waals surface area contributed by atoms with E-state index in [9.17, 15) is 4.79 Å². The maximum absolute atomic E-state index is 11.8. The van der Waals surface area contributed by atoms with Crippen LogP contribution in [0.5, 0.6) is 5.75 Å². The minimum Gasteiger partial charge on any atom is -0.497 e. The van der Waals surface area contributed by atoms with Crippen molar-refractivity contribution < 1.29 is 13.9 Å². The molecule has 0 bridgehead atoms. The molecule has 0 spiro atoms. The van der Waals surface area contributed by atoms with E-state index in [-0.39, 0.29) is 5.91 Å². The average Bonchev–Trinajstić information content (AvgIpc) is 2.84. The highest BCUT2D eigenvalue weighted by Crippen LogP contribution is 2.12. The predicted octanol–water partition coefficient (Wildman–Crippen LogP) is 2.66. The molecule has 0 aliphatic carbocycles. The van der Waals surface area contributed by atoms with Gasteiger partial charge in [-0.05, 0) is 52.9 Å². The Hall–Kier alpha value is -1.83. The van der Waals surface area contributed by atoms with E-state index in [1.807, 2.05) is 6.07 Å². The van der Waals surface area contributed by atoms with E-state index in [0.717, 1.165) is 3.77 Å². The van der Waals surface area contributed by atoms with Crippen LogP contribution in [-0.4, -0.2) is 19.2 Å². The Bertz CT molecular complexity index is 607. The third-order valence-corrected chi connectivity index (χ3v) is 2.86. The fourth-order valence-corrected chi connectivity index (χ4v) is 1.82. The van der Waals surface area contributed by atoms with Crippen LogP contribution >= 0.6 is 22.6 Å². The summed E-state index contributed by atoms with van der Waals surface area (Å²) in [7, 11) is 1.55. The number of nitrogens with zero attached hydrogens (tertiary/aromatic N) is 1. The quantitative estimate of drug-likeness (QED) is 0.511. The Labute approximate surface area is 123 Å². The van der Waals surface area contributed by atoms with Crippen LogP contribution in [0.1, 0.15) is 16.1 Å². The number of furan rings is 1. The van der Waals surface area contributed by atoms with Gasteiger partial charge in [0.25, 0.3) is 5.91 Å². The van der Waals surface area contributed by atoms with E-state index in [4.69, 9.17) is 9.15 Å². The lowest BCUT2D eigenvalue weighted by Gasteiger charge is -2.02. The van der Waals surface area contributed by atoms with Crippen molar-refractivity contribution >= 4 is 34.7 Å². The van der Waals surface area contributed by atoms with Crippen molar-refractivity contribution in [3.05, 3.63) is 51.5 Å². The monoisotopic (exact) mass is 370 g/mol. The molecular formula is C13H11IN2O3. The third-order valence-electron chi connectivity index (χ3n) is 2.28. The summed E-state index contributed by atoms with van der Waals surface area (Å²) in [6.07, 6.45) is 1.44. The number of rotatable bonds is 4. The number of hydrazone groups is 1. The van der Waals surface area contributed by atoms with E-state index in [2.05, 4.69) is 33.1 Å². The molecule has 1 aromatic carbocycles. The first kappa shape index (κ1) is 13.6. The van der Waals surface area contributed by atoms with Gasteiger partial charge in [0.1, 0.15) is 11.5 Å². The van der Waals surface area contributed by atoms with Gasteiger partial charge in [-0.1, -0.05) is 6.07 Å². The summed E-state index contributed by atoms with van der Waals surface area (Å²) in [5.74, 6) is 0.893. The van der Waals surface area contributed by atoms with E-state index in [1.54, 1.807) is 37.4 Å². The first-order valence-corrected chi connectivity index (χ1v) is 6.50. The highest BCUT2D eigenvalue weighted by Gasteiger charge is 2.05. The van der Waals surface area contributed by atoms with Gasteiger partial charge in [-0.15, -0.1) is 0 Å². The molecule has 1 heterocycles. The summed E-state index contributed by atoms with van der Waals surface area (Å²) >= 11 is 2.05. The Balaban J connectivity index is 1.99. The standard InChI is InChI=1S/C13H11IN2O3/c1-18-10-4-2-3-9(7-10)13(17)16-15-8-11-5-6-12(14)19-11/h2-8H,1H3,(H,16,17). The molecule has 5 nitrogen and oxygen atoms in total. The summed E-state index contributed by atoms with van der Waals surface area (Å²) in [6.45, 7) is 0. The number of carbonyl (C=O) groups excluding carboxylic acids is 1. The Morgan fingerprint density at radius 3 is 2.95 bits per heavy atom. The van der Waals surface area contributed by atoms with Crippen LogP contribution in [0.25, 0.3) is 0 Å². The third kappa shape index (κ3) is 3.82. The van der Waals surface area contributed by atoms with Gasteiger partial charge in [0, 0.05) is 5.56 Å². The van der Waals surface area contributed by atoms with Crippen molar-refractivity contribution in [3.63, 3.8) is 0 Å². The molecule has 1 N–H and O–H groups in total. The highest BCUT2D eigenvalue weighted by atomic mass is 127. The molecule has 19 heavy (non-hydrogen) atoms. The van der Waals surface area contributed by atoms with Gasteiger partial charge in [0.15, 0.2) is 3.77 Å². The van der Waals surface area contributed by atoms with E-state index >= 15 is 0 Å². The average molecular weight is 370 g/mol. The topological polar surface area (TPSA) is 63.8 Å². The predicted molar refractivity (Wildman–Crippen MR) is 79.5 cm³/mol. The zero-order chi connectivity index (χ0) is 13.7. The van der Waals surface area contributed by atoms with Gasteiger partial charge in [0.2, 0.25) is 0 Å². The number of amides is 1. The maximum atomic E-state index is 11.8. The zero-order valence-corrected chi connectivity index (χ0v) is 12.2. The lowest BCUT2D eigenvalue weighted by molar-refractivity contribution is 0.0955. The molecule has 0 fully saturated rings. The van der Waals surface area contributed by atoms with Crippen LogP contribution in [0.3, 0.4) is 0 Å². The first-order chi connectivity index (χ1) is 9.19. The smallest absolute Gasteiger partial charge is 0.271 e. The normalized spacial score (nSPS) is 10.6. The number of ether oxygens (including phenoxy) is 1. The fourth-order valence-electron chi connectivity index (χ4n) is 1.38. The van der Waals surface area contributed by atoms with Crippen molar-refractivity contribution in [3.8, 4) is 5.75 Å². The summed E-state index contributed by atoms with van der Waals surface area (Å²) in [6, 6.07) is 10.4. The minimum atomic E-state index is -0.309. The first-order valence-electron chi connectivity index (χ1n) is 5.42. The second kappa shape index (κ2) is 6.37. The van der Waals surface area contributed by atoms with Crippen molar-refractivity contribution in [2.75, 3.05) is 7.11 Å². The van der Waals surface area contributed by atoms with Crippen LogP contribution in [-0.2, 0) is 0 Å². The van der Waals surface area contributed by atoms with Crippen LogP contribution in [0.15, 0.2) is 45.9 Å². The molecule has 1 amide bonds. The number of nitrogens with one attached hydrogen (secondary N) is 1. The largest absolute Gasteiger partial charge is 0.497 e. The van der Waals surface area contributed by atoms with Gasteiger partial charge >= 0.3 is 0 Å². The molecule has 0 saturated carbocycles. The molecule has 2 rings (SSSR count). The molecule has 2 aromatic rings. The van der Waals surface area contributed by atoms with Gasteiger partial charge < -0.3 is 9.15 Å². The zero-order valence-electron chi connectivity index (χ0n) is 10.1. The van der Waals surface area contributed by atoms with Crippen molar-refractivity contribution in [1.82, 2.24) is 5.43 Å². The number of methoxy groups -OCH3 is 1.